The van der Waals surface area contributed by atoms with E-state index in [0.717, 1.165) is 31.1 Å². The Kier molecular flexibility index (Phi) is 3.89. The van der Waals surface area contributed by atoms with Crippen LogP contribution in [0.15, 0.2) is 4.52 Å². The van der Waals surface area contributed by atoms with E-state index >= 15 is 0 Å². The zero-order chi connectivity index (χ0) is 9.68. The van der Waals surface area contributed by atoms with Crippen LogP contribution >= 0.6 is 0 Å². The third-order valence-corrected chi connectivity index (χ3v) is 1.80. The van der Waals surface area contributed by atoms with Crippen LogP contribution in [0.2, 0.25) is 0 Å². The van der Waals surface area contributed by atoms with Crippen LogP contribution in [0.5, 0.6) is 0 Å². The number of hydrogen-bond donors (Lipinski definition) is 1. The van der Waals surface area contributed by atoms with Crippen LogP contribution in [-0.4, -0.2) is 23.7 Å². The molecule has 0 atom stereocenters. The summed E-state index contributed by atoms with van der Waals surface area (Å²) in [7, 11) is 1.94. The van der Waals surface area contributed by atoms with Crippen LogP contribution in [0, 0.1) is 0 Å². The van der Waals surface area contributed by atoms with E-state index in [2.05, 4.69) is 15.5 Å². The van der Waals surface area contributed by atoms with Crippen molar-refractivity contribution in [3.63, 3.8) is 0 Å². The monoisotopic (exact) mass is 183 g/mol. The lowest BCUT2D eigenvalue weighted by molar-refractivity contribution is 0.360. The highest BCUT2D eigenvalue weighted by molar-refractivity contribution is 4.90. The molecule has 13 heavy (non-hydrogen) atoms. The van der Waals surface area contributed by atoms with E-state index in [9.17, 15) is 0 Å². The Morgan fingerprint density at radius 2 is 2.23 bits per heavy atom. The molecule has 0 spiro atoms. The topological polar surface area (TPSA) is 51.0 Å². The molecule has 1 aromatic rings. The molecule has 1 N–H and O–H groups in total. The molecule has 1 heterocycles. The van der Waals surface area contributed by atoms with Crippen LogP contribution in [-0.2, 0) is 6.42 Å². The third-order valence-electron chi connectivity index (χ3n) is 1.80. The summed E-state index contributed by atoms with van der Waals surface area (Å²) in [6, 6.07) is 0. The van der Waals surface area contributed by atoms with Gasteiger partial charge in [0.15, 0.2) is 5.82 Å². The average Bonchev–Trinajstić information content (AvgIpc) is 2.53. The van der Waals surface area contributed by atoms with E-state index < -0.39 is 0 Å². The minimum atomic E-state index is 0.325. The summed E-state index contributed by atoms with van der Waals surface area (Å²) < 4.78 is 5.08. The second kappa shape index (κ2) is 4.97. The fourth-order valence-corrected chi connectivity index (χ4v) is 1.03. The first-order valence-electron chi connectivity index (χ1n) is 4.71. The lowest BCUT2D eigenvalue weighted by atomic mass is 10.2. The smallest absolute Gasteiger partial charge is 0.229 e. The first kappa shape index (κ1) is 10.2. The maximum atomic E-state index is 5.08. The summed E-state index contributed by atoms with van der Waals surface area (Å²) in [5.41, 5.74) is 0. The standard InChI is InChI=1S/C9H17N3O/c1-7(2)9-11-8(12-13-9)5-4-6-10-3/h7,10H,4-6H2,1-3H3. The van der Waals surface area contributed by atoms with Crippen molar-refractivity contribution in [2.75, 3.05) is 13.6 Å². The summed E-state index contributed by atoms with van der Waals surface area (Å²) in [6.45, 7) is 5.08. The highest BCUT2D eigenvalue weighted by atomic mass is 16.5. The molecule has 0 aromatic carbocycles. The molecular weight excluding hydrogens is 166 g/mol. The predicted octanol–water partition coefficient (Wildman–Crippen LogP) is 1.34. The Bertz CT molecular complexity index is 245. The molecule has 4 heteroatoms. The molecule has 1 rings (SSSR count). The Balaban J connectivity index is 2.40. The molecule has 0 aliphatic rings. The number of aryl methyl sites for hydroxylation is 1. The first-order chi connectivity index (χ1) is 6.24. The Morgan fingerprint density at radius 1 is 1.46 bits per heavy atom. The Labute approximate surface area is 78.7 Å². The van der Waals surface area contributed by atoms with Crippen molar-refractivity contribution in [2.24, 2.45) is 0 Å². The quantitative estimate of drug-likeness (QED) is 0.700. The summed E-state index contributed by atoms with van der Waals surface area (Å²) >= 11 is 0. The number of aromatic nitrogens is 2. The Morgan fingerprint density at radius 3 is 2.77 bits per heavy atom. The fraction of sp³-hybridized carbons (Fsp3) is 0.778. The van der Waals surface area contributed by atoms with E-state index in [-0.39, 0.29) is 0 Å². The van der Waals surface area contributed by atoms with E-state index in [1.807, 2.05) is 20.9 Å². The third kappa shape index (κ3) is 3.14. The van der Waals surface area contributed by atoms with Crippen molar-refractivity contribution < 1.29 is 4.52 Å². The molecule has 0 fully saturated rings. The lowest BCUT2D eigenvalue weighted by Crippen LogP contribution is -2.08. The molecule has 0 radical (unpaired) electrons. The molecule has 74 valence electrons. The van der Waals surface area contributed by atoms with E-state index in [1.165, 1.54) is 0 Å². The molecule has 4 nitrogen and oxygen atoms in total. The van der Waals surface area contributed by atoms with Crippen molar-refractivity contribution in [1.29, 1.82) is 0 Å². The van der Waals surface area contributed by atoms with Crippen molar-refractivity contribution in [3.05, 3.63) is 11.7 Å². The van der Waals surface area contributed by atoms with Crippen molar-refractivity contribution in [3.8, 4) is 0 Å². The summed E-state index contributed by atoms with van der Waals surface area (Å²) in [5.74, 6) is 1.88. The summed E-state index contributed by atoms with van der Waals surface area (Å²) in [6.07, 6.45) is 1.94. The molecule has 0 aliphatic carbocycles. The zero-order valence-electron chi connectivity index (χ0n) is 8.50. The van der Waals surface area contributed by atoms with Gasteiger partial charge in [0.25, 0.3) is 0 Å². The molecule has 1 aromatic heterocycles. The maximum Gasteiger partial charge on any atom is 0.229 e. The van der Waals surface area contributed by atoms with Gasteiger partial charge in [0.2, 0.25) is 5.89 Å². The van der Waals surface area contributed by atoms with E-state index in [4.69, 9.17) is 4.52 Å². The summed E-state index contributed by atoms with van der Waals surface area (Å²) in [4.78, 5) is 4.28. The molecule has 0 amide bonds. The maximum absolute atomic E-state index is 5.08. The highest BCUT2D eigenvalue weighted by Crippen LogP contribution is 2.11. The van der Waals surface area contributed by atoms with Crippen molar-refractivity contribution in [2.45, 2.75) is 32.6 Å². The second-order valence-electron chi connectivity index (χ2n) is 3.41. The number of hydrogen-bond acceptors (Lipinski definition) is 4. The van der Waals surface area contributed by atoms with Gasteiger partial charge in [-0.2, -0.15) is 4.98 Å². The predicted molar refractivity (Wildman–Crippen MR) is 50.6 cm³/mol. The fourth-order valence-electron chi connectivity index (χ4n) is 1.03. The van der Waals surface area contributed by atoms with Gasteiger partial charge in [0, 0.05) is 12.3 Å². The van der Waals surface area contributed by atoms with Gasteiger partial charge in [0.05, 0.1) is 0 Å². The van der Waals surface area contributed by atoms with Gasteiger partial charge >= 0.3 is 0 Å². The summed E-state index contributed by atoms with van der Waals surface area (Å²) in [5, 5.41) is 6.98. The van der Waals surface area contributed by atoms with Gasteiger partial charge in [-0.15, -0.1) is 0 Å². The average molecular weight is 183 g/mol. The molecule has 0 bridgehead atoms. The van der Waals surface area contributed by atoms with Gasteiger partial charge in [-0.3, -0.25) is 0 Å². The van der Waals surface area contributed by atoms with Crippen LogP contribution in [0.1, 0.15) is 37.9 Å². The minimum absolute atomic E-state index is 0.325. The van der Waals surface area contributed by atoms with Crippen molar-refractivity contribution in [1.82, 2.24) is 15.5 Å². The number of rotatable bonds is 5. The highest BCUT2D eigenvalue weighted by Gasteiger charge is 2.08. The molecular formula is C9H17N3O. The lowest BCUT2D eigenvalue weighted by Gasteiger charge is -1.94. The van der Waals surface area contributed by atoms with Gasteiger partial charge in [-0.1, -0.05) is 19.0 Å². The molecule has 0 saturated carbocycles. The van der Waals surface area contributed by atoms with Crippen LogP contribution < -0.4 is 5.32 Å². The van der Waals surface area contributed by atoms with Crippen LogP contribution in [0.3, 0.4) is 0 Å². The minimum Gasteiger partial charge on any atom is -0.339 e. The normalized spacial score (nSPS) is 11.1. The number of nitrogens with one attached hydrogen (secondary N) is 1. The van der Waals surface area contributed by atoms with E-state index in [1.54, 1.807) is 0 Å². The van der Waals surface area contributed by atoms with Crippen LogP contribution in [0.4, 0.5) is 0 Å². The molecule has 0 saturated heterocycles. The number of nitrogens with zero attached hydrogens (tertiary/aromatic N) is 2. The second-order valence-corrected chi connectivity index (χ2v) is 3.41. The first-order valence-corrected chi connectivity index (χ1v) is 4.71. The molecule has 0 aliphatic heterocycles. The largest absolute Gasteiger partial charge is 0.339 e. The van der Waals surface area contributed by atoms with E-state index in [0.29, 0.717) is 5.92 Å². The molecule has 0 unspecified atom stereocenters. The van der Waals surface area contributed by atoms with Crippen LogP contribution in [0.25, 0.3) is 0 Å². The van der Waals surface area contributed by atoms with Gasteiger partial charge in [-0.05, 0) is 20.0 Å². The van der Waals surface area contributed by atoms with Crippen molar-refractivity contribution >= 4 is 0 Å². The van der Waals surface area contributed by atoms with Gasteiger partial charge < -0.3 is 9.84 Å². The SMILES string of the molecule is CNCCCc1noc(C(C)C)n1. The zero-order valence-corrected chi connectivity index (χ0v) is 8.50. The van der Waals surface area contributed by atoms with Gasteiger partial charge in [-0.25, -0.2) is 0 Å². The van der Waals surface area contributed by atoms with Gasteiger partial charge in [0.1, 0.15) is 0 Å². The Hall–Kier alpha value is -0.900.